The van der Waals surface area contributed by atoms with Gasteiger partial charge in [0.2, 0.25) is 0 Å². The summed E-state index contributed by atoms with van der Waals surface area (Å²) in [5.74, 6) is 0.876. The first kappa shape index (κ1) is 19.8. The highest BCUT2D eigenvalue weighted by Crippen LogP contribution is 2.25. The number of ether oxygens (including phenoxy) is 1. The Morgan fingerprint density at radius 1 is 1.23 bits per heavy atom. The maximum atomic E-state index is 12.8. The van der Waals surface area contributed by atoms with Crippen molar-refractivity contribution in [1.29, 1.82) is 0 Å². The highest BCUT2D eigenvalue weighted by Gasteiger charge is 2.22. The Bertz CT molecular complexity index is 1210. The molecule has 3 aromatic heterocycles. The van der Waals surface area contributed by atoms with Crippen molar-refractivity contribution in [2.24, 2.45) is 7.05 Å². The molecule has 4 aromatic rings. The molecule has 154 valence electrons. The Labute approximate surface area is 177 Å². The second kappa shape index (κ2) is 8.11. The monoisotopic (exact) mass is 423 g/mol. The summed E-state index contributed by atoms with van der Waals surface area (Å²) in [4.78, 5) is 17.2. The number of aromatic nitrogens is 4. The van der Waals surface area contributed by atoms with Gasteiger partial charge in [0.25, 0.3) is 5.91 Å². The maximum absolute atomic E-state index is 12.8. The van der Waals surface area contributed by atoms with Gasteiger partial charge in [0.05, 0.1) is 11.3 Å². The second-order valence-electron chi connectivity index (χ2n) is 6.93. The van der Waals surface area contributed by atoms with Crippen LogP contribution in [0.25, 0.3) is 11.4 Å². The number of aryl methyl sites for hydroxylation is 4. The van der Waals surface area contributed by atoms with E-state index in [4.69, 9.17) is 9.26 Å². The molecule has 0 radical (unpaired) electrons. The lowest BCUT2D eigenvalue weighted by Crippen LogP contribution is -2.15. The van der Waals surface area contributed by atoms with Crippen LogP contribution in [0.5, 0.6) is 5.75 Å². The summed E-state index contributed by atoms with van der Waals surface area (Å²) in [5.41, 5.74) is 4.73. The minimum absolute atomic E-state index is 0.179. The van der Waals surface area contributed by atoms with Crippen molar-refractivity contribution in [3.05, 3.63) is 64.0 Å². The number of nitrogens with zero attached hydrogens (tertiary/aromatic N) is 4. The lowest BCUT2D eigenvalue weighted by molar-refractivity contribution is 0.101. The van der Waals surface area contributed by atoms with Crippen molar-refractivity contribution in [3.8, 4) is 17.1 Å². The predicted molar refractivity (Wildman–Crippen MR) is 114 cm³/mol. The minimum atomic E-state index is -0.392. The molecule has 9 heteroatoms. The standard InChI is InChI=1S/C21H21N5O3S/c1-12-5-6-15(9-13(12)2)28-10-16-14(3)29-25-19(16)20(27)24-21-23-17(11-30-21)18-7-8-22-26(18)4/h5-9,11H,10H2,1-4H3,(H,23,24,27). The van der Waals surface area contributed by atoms with Gasteiger partial charge < -0.3 is 9.26 Å². The Hall–Kier alpha value is -3.46. The number of rotatable bonds is 6. The summed E-state index contributed by atoms with van der Waals surface area (Å²) >= 11 is 1.33. The molecule has 1 amide bonds. The van der Waals surface area contributed by atoms with Crippen molar-refractivity contribution in [2.75, 3.05) is 5.32 Å². The molecular formula is C21H21N5O3S. The molecule has 0 saturated heterocycles. The fraction of sp³-hybridized carbons (Fsp3) is 0.238. The average molecular weight is 423 g/mol. The molecule has 0 fully saturated rings. The molecule has 1 aromatic carbocycles. The van der Waals surface area contributed by atoms with Gasteiger partial charge in [-0.25, -0.2) is 4.98 Å². The summed E-state index contributed by atoms with van der Waals surface area (Å²) in [7, 11) is 1.84. The molecule has 4 rings (SSSR count). The molecule has 8 nitrogen and oxygen atoms in total. The third-order valence-electron chi connectivity index (χ3n) is 4.87. The number of hydrogen-bond donors (Lipinski definition) is 1. The lowest BCUT2D eigenvalue weighted by Gasteiger charge is -2.08. The Morgan fingerprint density at radius 3 is 2.80 bits per heavy atom. The molecule has 0 saturated carbocycles. The van der Waals surface area contributed by atoms with Crippen LogP contribution in [0.2, 0.25) is 0 Å². The molecule has 0 atom stereocenters. The maximum Gasteiger partial charge on any atom is 0.280 e. The molecule has 30 heavy (non-hydrogen) atoms. The van der Waals surface area contributed by atoms with Crippen molar-refractivity contribution in [3.63, 3.8) is 0 Å². The van der Waals surface area contributed by atoms with Crippen LogP contribution in [-0.2, 0) is 13.7 Å². The van der Waals surface area contributed by atoms with Crippen LogP contribution in [0.1, 0.15) is 32.9 Å². The zero-order valence-corrected chi connectivity index (χ0v) is 17.9. The smallest absolute Gasteiger partial charge is 0.280 e. The topological polar surface area (TPSA) is 95.1 Å². The number of anilines is 1. The lowest BCUT2D eigenvalue weighted by atomic mass is 10.1. The van der Waals surface area contributed by atoms with E-state index in [0.29, 0.717) is 16.5 Å². The number of thiazole rings is 1. The van der Waals surface area contributed by atoms with E-state index in [1.165, 1.54) is 16.9 Å². The summed E-state index contributed by atoms with van der Waals surface area (Å²) in [6, 6.07) is 7.73. The van der Waals surface area contributed by atoms with Gasteiger partial charge in [-0.2, -0.15) is 5.10 Å². The SMILES string of the molecule is Cc1ccc(OCc2c(C(=O)Nc3nc(-c4ccnn4C)cs3)noc2C)cc1C. The number of carbonyl (C=O) groups excluding carboxylic acids is 1. The average Bonchev–Trinajstić information content (AvgIpc) is 3.43. The molecule has 0 aliphatic heterocycles. The van der Waals surface area contributed by atoms with Gasteiger partial charge in [-0.1, -0.05) is 11.2 Å². The van der Waals surface area contributed by atoms with E-state index < -0.39 is 5.91 Å². The summed E-state index contributed by atoms with van der Waals surface area (Å²) in [6.07, 6.45) is 1.70. The van der Waals surface area contributed by atoms with Crippen LogP contribution in [-0.4, -0.2) is 25.8 Å². The summed E-state index contributed by atoms with van der Waals surface area (Å²) < 4.78 is 12.8. The molecule has 0 bridgehead atoms. The van der Waals surface area contributed by atoms with Gasteiger partial charge in [-0.05, 0) is 50.1 Å². The first-order valence-electron chi connectivity index (χ1n) is 9.33. The predicted octanol–water partition coefficient (Wildman–Crippen LogP) is 4.29. The fourth-order valence-electron chi connectivity index (χ4n) is 2.93. The Morgan fingerprint density at radius 2 is 2.07 bits per heavy atom. The van der Waals surface area contributed by atoms with Gasteiger partial charge in [-0.3, -0.25) is 14.8 Å². The number of nitrogens with one attached hydrogen (secondary N) is 1. The summed E-state index contributed by atoms with van der Waals surface area (Å²) in [5, 5.41) is 13.2. The fourth-order valence-corrected chi connectivity index (χ4v) is 3.63. The highest BCUT2D eigenvalue weighted by atomic mass is 32.1. The van der Waals surface area contributed by atoms with Crippen LogP contribution < -0.4 is 10.1 Å². The van der Waals surface area contributed by atoms with Gasteiger partial charge in [0.15, 0.2) is 10.8 Å². The number of amides is 1. The van der Waals surface area contributed by atoms with Crippen molar-refractivity contribution >= 4 is 22.4 Å². The van der Waals surface area contributed by atoms with E-state index in [1.54, 1.807) is 17.8 Å². The third-order valence-corrected chi connectivity index (χ3v) is 5.63. The van der Waals surface area contributed by atoms with Crippen molar-refractivity contribution in [2.45, 2.75) is 27.4 Å². The first-order valence-corrected chi connectivity index (χ1v) is 10.2. The van der Waals surface area contributed by atoms with E-state index in [-0.39, 0.29) is 12.3 Å². The normalized spacial score (nSPS) is 10.9. The van der Waals surface area contributed by atoms with Crippen LogP contribution in [0.4, 0.5) is 5.13 Å². The quantitative estimate of drug-likeness (QED) is 0.497. The molecular weight excluding hydrogens is 402 g/mol. The number of carbonyl (C=O) groups is 1. The van der Waals surface area contributed by atoms with Crippen LogP contribution in [0.15, 0.2) is 40.4 Å². The van der Waals surface area contributed by atoms with Crippen LogP contribution in [0.3, 0.4) is 0 Å². The van der Waals surface area contributed by atoms with E-state index >= 15 is 0 Å². The molecule has 0 spiro atoms. The third kappa shape index (κ3) is 3.97. The van der Waals surface area contributed by atoms with E-state index in [2.05, 4.69) is 20.6 Å². The van der Waals surface area contributed by atoms with Gasteiger partial charge in [0.1, 0.15) is 23.8 Å². The Balaban J connectivity index is 1.48. The van der Waals surface area contributed by atoms with Gasteiger partial charge in [0, 0.05) is 18.6 Å². The second-order valence-corrected chi connectivity index (χ2v) is 7.79. The first-order chi connectivity index (χ1) is 14.4. The van der Waals surface area contributed by atoms with Crippen LogP contribution >= 0.6 is 11.3 Å². The van der Waals surface area contributed by atoms with E-state index in [0.717, 1.165) is 22.7 Å². The van der Waals surface area contributed by atoms with Gasteiger partial charge in [-0.15, -0.1) is 11.3 Å². The molecule has 1 N–H and O–H groups in total. The van der Waals surface area contributed by atoms with E-state index in [1.807, 2.05) is 50.5 Å². The zero-order chi connectivity index (χ0) is 21.3. The number of hydrogen-bond acceptors (Lipinski definition) is 7. The molecule has 3 heterocycles. The molecule has 0 unspecified atom stereocenters. The van der Waals surface area contributed by atoms with Crippen molar-refractivity contribution < 1.29 is 14.1 Å². The van der Waals surface area contributed by atoms with E-state index in [9.17, 15) is 4.79 Å². The largest absolute Gasteiger partial charge is 0.489 e. The number of benzene rings is 1. The van der Waals surface area contributed by atoms with Crippen molar-refractivity contribution in [1.82, 2.24) is 19.9 Å². The van der Waals surface area contributed by atoms with Crippen LogP contribution in [0, 0.1) is 20.8 Å². The Kier molecular flexibility index (Phi) is 5.37. The highest BCUT2D eigenvalue weighted by molar-refractivity contribution is 7.14. The molecule has 0 aliphatic carbocycles. The molecule has 0 aliphatic rings. The van der Waals surface area contributed by atoms with Gasteiger partial charge >= 0.3 is 0 Å². The summed E-state index contributed by atoms with van der Waals surface area (Å²) in [6.45, 7) is 6.01. The minimum Gasteiger partial charge on any atom is -0.489 e. The zero-order valence-electron chi connectivity index (χ0n) is 17.1.